The van der Waals surface area contributed by atoms with Crippen molar-refractivity contribution in [2.75, 3.05) is 5.75 Å². The first-order valence-electron chi connectivity index (χ1n) is 5.89. The molecule has 2 unspecified atom stereocenters. The third kappa shape index (κ3) is 2.78. The van der Waals surface area contributed by atoms with Crippen molar-refractivity contribution in [2.24, 2.45) is 12.9 Å². The lowest BCUT2D eigenvalue weighted by molar-refractivity contribution is 0.482. The van der Waals surface area contributed by atoms with Crippen LogP contribution in [0.2, 0.25) is 5.02 Å². The van der Waals surface area contributed by atoms with Crippen molar-refractivity contribution < 1.29 is 0 Å². The van der Waals surface area contributed by atoms with Gasteiger partial charge in [0.15, 0.2) is 0 Å². The minimum atomic E-state index is 0.273. The summed E-state index contributed by atoms with van der Waals surface area (Å²) in [6.45, 7) is 1.93. The van der Waals surface area contributed by atoms with Gasteiger partial charge in [0.1, 0.15) is 0 Å². The zero-order chi connectivity index (χ0) is 12.4. The zero-order valence-corrected chi connectivity index (χ0v) is 11.8. The van der Waals surface area contributed by atoms with Gasteiger partial charge in [0.05, 0.1) is 16.4 Å². The van der Waals surface area contributed by atoms with Crippen LogP contribution in [-0.4, -0.2) is 26.8 Å². The fraction of sp³-hybridized carbons (Fsp3) is 0.727. The molecular formula is C11H19ClN4S. The fourth-order valence-corrected chi connectivity index (χ4v) is 3.94. The molecule has 0 bridgehead atoms. The quantitative estimate of drug-likeness (QED) is 0.648. The second-order valence-electron chi connectivity index (χ2n) is 4.50. The number of aryl methyl sites for hydroxylation is 2. The third-order valence-electron chi connectivity index (χ3n) is 3.30. The van der Waals surface area contributed by atoms with E-state index in [0.29, 0.717) is 5.25 Å². The Bertz CT molecular complexity index is 387. The molecule has 2 atom stereocenters. The third-order valence-corrected chi connectivity index (χ3v) is 5.31. The number of nitrogens with two attached hydrogens (primary N) is 1. The number of hydrogen-bond acceptors (Lipinski definition) is 4. The molecule has 0 aliphatic carbocycles. The Morgan fingerprint density at radius 1 is 1.71 bits per heavy atom. The summed E-state index contributed by atoms with van der Waals surface area (Å²) in [6.07, 6.45) is 3.35. The fourth-order valence-electron chi connectivity index (χ4n) is 2.33. The van der Waals surface area contributed by atoms with E-state index in [1.54, 1.807) is 0 Å². The maximum absolute atomic E-state index is 6.26. The summed E-state index contributed by atoms with van der Waals surface area (Å²) >= 11 is 8.26. The normalized spacial score (nSPS) is 22.0. The van der Waals surface area contributed by atoms with Crippen LogP contribution in [0.25, 0.3) is 0 Å². The summed E-state index contributed by atoms with van der Waals surface area (Å²) in [7, 11) is 1.93. The van der Waals surface area contributed by atoms with Gasteiger partial charge in [-0.25, -0.2) is 0 Å². The lowest BCUT2D eigenvalue weighted by Crippen LogP contribution is -2.43. The minimum Gasteiger partial charge on any atom is -0.271 e. The number of aromatic nitrogens is 2. The molecule has 1 aliphatic heterocycles. The Morgan fingerprint density at radius 2 is 2.47 bits per heavy atom. The van der Waals surface area contributed by atoms with Gasteiger partial charge in [0, 0.05) is 24.8 Å². The van der Waals surface area contributed by atoms with Gasteiger partial charge in [0.25, 0.3) is 0 Å². The topological polar surface area (TPSA) is 55.9 Å². The highest BCUT2D eigenvalue weighted by Gasteiger charge is 2.27. The maximum atomic E-state index is 6.26. The Balaban J connectivity index is 2.12. The van der Waals surface area contributed by atoms with E-state index >= 15 is 0 Å². The lowest BCUT2D eigenvalue weighted by Gasteiger charge is -2.22. The molecule has 1 fully saturated rings. The number of hydrogen-bond donors (Lipinski definition) is 2. The van der Waals surface area contributed by atoms with E-state index < -0.39 is 0 Å². The second-order valence-corrected chi connectivity index (χ2v) is 6.22. The van der Waals surface area contributed by atoms with Gasteiger partial charge in [-0.15, -0.1) is 0 Å². The van der Waals surface area contributed by atoms with Crippen LogP contribution in [0.3, 0.4) is 0 Å². The Kier molecular flexibility index (Phi) is 4.36. The molecule has 2 heterocycles. The number of nitrogens with one attached hydrogen (secondary N) is 1. The summed E-state index contributed by atoms with van der Waals surface area (Å²) in [4.78, 5) is 0. The molecule has 0 saturated carbocycles. The smallest absolute Gasteiger partial charge is 0.0847 e. The molecule has 6 heteroatoms. The Morgan fingerprint density at radius 3 is 2.94 bits per heavy atom. The van der Waals surface area contributed by atoms with Crippen LogP contribution >= 0.6 is 23.4 Å². The summed E-state index contributed by atoms with van der Waals surface area (Å²) < 4.78 is 1.86. The first-order chi connectivity index (χ1) is 8.13. The molecule has 0 amide bonds. The molecule has 0 spiro atoms. The zero-order valence-electron chi connectivity index (χ0n) is 10.2. The summed E-state index contributed by atoms with van der Waals surface area (Å²) in [5.74, 6) is 6.91. The molecular weight excluding hydrogens is 256 g/mol. The summed E-state index contributed by atoms with van der Waals surface area (Å²) in [5.41, 5.74) is 4.89. The van der Waals surface area contributed by atoms with Crippen molar-refractivity contribution in [3.05, 3.63) is 16.4 Å². The predicted molar refractivity (Wildman–Crippen MR) is 73.3 cm³/mol. The molecule has 1 aliphatic rings. The van der Waals surface area contributed by atoms with Crippen molar-refractivity contribution in [1.29, 1.82) is 0 Å². The van der Waals surface area contributed by atoms with E-state index in [4.69, 9.17) is 17.4 Å². The van der Waals surface area contributed by atoms with Crippen molar-refractivity contribution in [3.8, 4) is 0 Å². The molecule has 2 rings (SSSR count). The van der Waals surface area contributed by atoms with Crippen molar-refractivity contribution >= 4 is 23.4 Å². The number of thioether (sulfide) groups is 1. The number of rotatable bonds is 4. The maximum Gasteiger partial charge on any atom is 0.0847 e. The van der Waals surface area contributed by atoms with Crippen LogP contribution in [0.5, 0.6) is 0 Å². The highest BCUT2D eigenvalue weighted by molar-refractivity contribution is 8.00. The average molecular weight is 275 g/mol. The van der Waals surface area contributed by atoms with Crippen LogP contribution in [0, 0.1) is 6.92 Å². The van der Waals surface area contributed by atoms with E-state index in [-0.39, 0.29) is 6.04 Å². The van der Waals surface area contributed by atoms with E-state index in [2.05, 4.69) is 10.5 Å². The molecule has 3 N–H and O–H groups in total. The van der Waals surface area contributed by atoms with Crippen LogP contribution in [0.15, 0.2) is 0 Å². The number of halogens is 1. The van der Waals surface area contributed by atoms with Crippen LogP contribution < -0.4 is 11.3 Å². The minimum absolute atomic E-state index is 0.273. The average Bonchev–Trinajstić information content (AvgIpc) is 2.89. The standard InChI is InChI=1S/C11H19ClN4S/c1-7-11(12)9(16(2)15-7)6-8(14-13)10-4-3-5-17-10/h8,10,14H,3-6,13H2,1-2H3. The molecule has 0 radical (unpaired) electrons. The summed E-state index contributed by atoms with van der Waals surface area (Å²) in [6, 6.07) is 0.273. The molecule has 0 aromatic carbocycles. The molecule has 1 aromatic heterocycles. The lowest BCUT2D eigenvalue weighted by atomic mass is 10.0. The largest absolute Gasteiger partial charge is 0.271 e. The van der Waals surface area contributed by atoms with Gasteiger partial charge < -0.3 is 0 Å². The second kappa shape index (κ2) is 5.61. The molecule has 4 nitrogen and oxygen atoms in total. The van der Waals surface area contributed by atoms with Gasteiger partial charge in [-0.3, -0.25) is 16.0 Å². The van der Waals surface area contributed by atoms with Gasteiger partial charge in [0.2, 0.25) is 0 Å². The van der Waals surface area contributed by atoms with E-state index in [1.165, 1.54) is 18.6 Å². The van der Waals surface area contributed by atoms with Gasteiger partial charge in [-0.1, -0.05) is 11.6 Å². The first kappa shape index (κ1) is 13.2. The number of nitrogens with zero attached hydrogens (tertiary/aromatic N) is 2. The molecule has 1 saturated heterocycles. The molecule has 17 heavy (non-hydrogen) atoms. The number of hydrazine groups is 1. The van der Waals surface area contributed by atoms with E-state index in [0.717, 1.165) is 22.8 Å². The van der Waals surface area contributed by atoms with Crippen LogP contribution in [0.1, 0.15) is 24.2 Å². The van der Waals surface area contributed by atoms with Crippen molar-refractivity contribution in [2.45, 2.75) is 37.5 Å². The van der Waals surface area contributed by atoms with E-state index in [9.17, 15) is 0 Å². The highest BCUT2D eigenvalue weighted by Crippen LogP contribution is 2.31. The van der Waals surface area contributed by atoms with Gasteiger partial charge >= 0.3 is 0 Å². The van der Waals surface area contributed by atoms with Crippen LogP contribution in [-0.2, 0) is 13.5 Å². The monoisotopic (exact) mass is 274 g/mol. The predicted octanol–water partition coefficient (Wildman–Crippen LogP) is 1.65. The SMILES string of the molecule is Cc1nn(C)c(CC(NN)C2CCCS2)c1Cl. The van der Waals surface area contributed by atoms with Gasteiger partial charge in [-0.2, -0.15) is 16.9 Å². The van der Waals surface area contributed by atoms with Crippen molar-refractivity contribution in [3.63, 3.8) is 0 Å². The first-order valence-corrected chi connectivity index (χ1v) is 7.32. The van der Waals surface area contributed by atoms with E-state index in [1.807, 2.05) is 30.4 Å². The Hall–Kier alpha value is -0.230. The molecule has 1 aromatic rings. The van der Waals surface area contributed by atoms with Gasteiger partial charge in [-0.05, 0) is 25.5 Å². The summed E-state index contributed by atoms with van der Waals surface area (Å²) in [5, 5.41) is 5.70. The highest BCUT2D eigenvalue weighted by atomic mass is 35.5. The van der Waals surface area contributed by atoms with Crippen LogP contribution in [0.4, 0.5) is 0 Å². The molecule has 96 valence electrons. The Labute approximate surface area is 111 Å². The van der Waals surface area contributed by atoms with Crippen molar-refractivity contribution in [1.82, 2.24) is 15.2 Å².